The lowest BCUT2D eigenvalue weighted by Crippen LogP contribution is -2.00. The zero-order chi connectivity index (χ0) is 15.8. The highest BCUT2D eigenvalue weighted by Gasteiger charge is 2.10. The number of carbonyl (C=O) groups excluding carboxylic acids is 1. The molecule has 0 saturated carbocycles. The van der Waals surface area contributed by atoms with E-state index in [0.717, 1.165) is 0 Å². The minimum Gasteiger partial charge on any atom is -0.469 e. The van der Waals surface area contributed by atoms with Crippen molar-refractivity contribution in [1.82, 2.24) is 0 Å². The van der Waals surface area contributed by atoms with E-state index >= 15 is 0 Å². The van der Waals surface area contributed by atoms with Crippen LogP contribution >= 0.6 is 11.6 Å². The van der Waals surface area contributed by atoms with Gasteiger partial charge in [0.2, 0.25) is 0 Å². The second kappa shape index (κ2) is 7.76. The molecule has 0 aliphatic carbocycles. The molecule has 0 aliphatic heterocycles. The summed E-state index contributed by atoms with van der Waals surface area (Å²) in [5.41, 5.74) is -0.363. The van der Waals surface area contributed by atoms with Crippen molar-refractivity contribution in [2.75, 3.05) is 0 Å². The lowest BCUT2D eigenvalue weighted by atomic mass is 10.0. The van der Waals surface area contributed by atoms with Crippen LogP contribution in [0.1, 0.15) is 15.9 Å². The lowest BCUT2D eigenvalue weighted by Gasteiger charge is -2.00. The number of hydrogen-bond acceptors (Lipinski definition) is 4. The summed E-state index contributed by atoms with van der Waals surface area (Å²) >= 11 is 4.19. The summed E-state index contributed by atoms with van der Waals surface area (Å²) < 4.78 is 0. The van der Waals surface area contributed by atoms with E-state index in [4.69, 9.17) is 9.90 Å². The Labute approximate surface area is 124 Å². The fourth-order valence-electron chi connectivity index (χ4n) is 1.49. The molecule has 108 valence electrons. The Morgan fingerprint density at radius 1 is 0.952 bits per heavy atom. The van der Waals surface area contributed by atoms with Gasteiger partial charge < -0.3 is 5.11 Å². The molecule has 0 radical (unpaired) electrons. The van der Waals surface area contributed by atoms with Crippen LogP contribution in [0.25, 0.3) is 0 Å². The Morgan fingerprint density at radius 3 is 1.81 bits per heavy atom. The maximum absolute atomic E-state index is 12.0. The van der Waals surface area contributed by atoms with Crippen LogP contribution in [0.15, 0.2) is 54.6 Å². The molecular weight excluding hydrogens is 298 g/mol. The number of ketones is 1. The van der Waals surface area contributed by atoms with E-state index in [9.17, 15) is 14.9 Å². The molecule has 0 aromatic heterocycles. The third kappa shape index (κ3) is 5.42. The molecule has 0 saturated heterocycles. The molecule has 0 aliphatic rings. The van der Waals surface area contributed by atoms with Crippen molar-refractivity contribution in [2.45, 2.75) is 0 Å². The monoisotopic (exact) mass is 307 g/mol. The summed E-state index contributed by atoms with van der Waals surface area (Å²) in [6.45, 7) is 0. The van der Waals surface area contributed by atoms with Crippen LogP contribution in [-0.4, -0.2) is 21.2 Å². The second-order valence-electron chi connectivity index (χ2n) is 3.75. The number of benzene rings is 2. The SMILES string of the molecule is O=C(O)Cl.O=C(c1ccccc1)c1ccc([N+](=O)[O-])cc1. The molecule has 2 aromatic carbocycles. The van der Waals surface area contributed by atoms with Crippen LogP contribution in [0.3, 0.4) is 0 Å². The standard InChI is InChI=1S/C13H9NO3.CHClO2/c15-13(10-4-2-1-3-5-10)11-6-8-12(9-7-11)14(16)17;2-1(3)4/h1-9H;(H,3,4). The predicted octanol–water partition coefficient (Wildman–Crippen LogP) is 3.73. The van der Waals surface area contributed by atoms with Gasteiger partial charge in [-0.3, -0.25) is 14.9 Å². The molecule has 0 fully saturated rings. The van der Waals surface area contributed by atoms with Gasteiger partial charge in [-0.15, -0.1) is 0 Å². The number of halogens is 1. The summed E-state index contributed by atoms with van der Waals surface area (Å²) in [5.74, 6) is -0.138. The van der Waals surface area contributed by atoms with E-state index in [1.165, 1.54) is 24.3 Å². The van der Waals surface area contributed by atoms with Crippen molar-refractivity contribution >= 4 is 28.5 Å². The van der Waals surface area contributed by atoms with Crippen molar-refractivity contribution in [3.05, 3.63) is 75.8 Å². The molecule has 2 rings (SSSR count). The number of nitro groups is 1. The first-order valence-electron chi connectivity index (χ1n) is 5.64. The third-order valence-electron chi connectivity index (χ3n) is 2.38. The van der Waals surface area contributed by atoms with Gasteiger partial charge in [-0.05, 0) is 12.1 Å². The zero-order valence-electron chi connectivity index (χ0n) is 10.6. The number of rotatable bonds is 3. The van der Waals surface area contributed by atoms with E-state index in [-0.39, 0.29) is 11.5 Å². The van der Waals surface area contributed by atoms with E-state index in [2.05, 4.69) is 11.6 Å². The quantitative estimate of drug-likeness (QED) is 0.403. The predicted molar refractivity (Wildman–Crippen MR) is 76.8 cm³/mol. The molecule has 0 spiro atoms. The molecular formula is C14H10ClNO5. The average Bonchev–Trinajstić information content (AvgIpc) is 2.47. The Kier molecular flexibility index (Phi) is 6.03. The minimum atomic E-state index is -1.36. The second-order valence-corrected chi connectivity index (χ2v) is 4.08. The molecule has 1 N–H and O–H groups in total. The normalized spacial score (nSPS) is 9.19. The van der Waals surface area contributed by atoms with E-state index < -0.39 is 10.4 Å². The average molecular weight is 308 g/mol. The van der Waals surface area contributed by atoms with Gasteiger partial charge in [0.1, 0.15) is 0 Å². The molecule has 6 nitrogen and oxygen atoms in total. The van der Waals surface area contributed by atoms with Gasteiger partial charge in [-0.2, -0.15) is 0 Å². The summed E-state index contributed by atoms with van der Waals surface area (Å²) in [6.07, 6.45) is 0. The molecule has 21 heavy (non-hydrogen) atoms. The fourth-order valence-corrected chi connectivity index (χ4v) is 1.49. The Hall–Kier alpha value is -2.73. The molecule has 0 unspecified atom stereocenters. The summed E-state index contributed by atoms with van der Waals surface area (Å²) in [7, 11) is 0. The minimum absolute atomic E-state index is 0.0189. The summed E-state index contributed by atoms with van der Waals surface area (Å²) in [5, 5.41) is 17.7. The van der Waals surface area contributed by atoms with Gasteiger partial charge in [0.05, 0.1) is 4.92 Å². The fraction of sp³-hybridized carbons (Fsp3) is 0. The zero-order valence-corrected chi connectivity index (χ0v) is 11.4. The Bertz CT molecular complexity index is 636. The highest BCUT2D eigenvalue weighted by Crippen LogP contribution is 2.15. The van der Waals surface area contributed by atoms with Crippen molar-refractivity contribution in [3.8, 4) is 0 Å². The Morgan fingerprint density at radius 2 is 1.38 bits per heavy atom. The van der Waals surface area contributed by atoms with Crippen LogP contribution in [0.2, 0.25) is 0 Å². The maximum atomic E-state index is 12.0. The first-order valence-corrected chi connectivity index (χ1v) is 6.02. The van der Waals surface area contributed by atoms with Gasteiger partial charge in [-0.25, -0.2) is 4.79 Å². The van der Waals surface area contributed by atoms with Crippen LogP contribution < -0.4 is 0 Å². The smallest absolute Gasteiger partial charge is 0.401 e. The summed E-state index contributed by atoms with van der Waals surface area (Å²) in [4.78, 5) is 30.7. The first kappa shape index (κ1) is 16.3. The van der Waals surface area contributed by atoms with E-state index in [1.807, 2.05) is 6.07 Å². The molecule has 0 amide bonds. The first-order chi connectivity index (χ1) is 9.91. The highest BCUT2D eigenvalue weighted by molar-refractivity contribution is 6.60. The lowest BCUT2D eigenvalue weighted by molar-refractivity contribution is -0.384. The molecule has 0 atom stereocenters. The molecule has 2 aromatic rings. The van der Waals surface area contributed by atoms with Crippen molar-refractivity contribution < 1.29 is 19.6 Å². The maximum Gasteiger partial charge on any atom is 0.401 e. The van der Waals surface area contributed by atoms with Crippen LogP contribution in [0.5, 0.6) is 0 Å². The van der Waals surface area contributed by atoms with Crippen molar-refractivity contribution in [3.63, 3.8) is 0 Å². The number of hydrogen-bond donors (Lipinski definition) is 1. The van der Waals surface area contributed by atoms with Crippen molar-refractivity contribution in [1.29, 1.82) is 0 Å². The van der Waals surface area contributed by atoms with Crippen molar-refractivity contribution in [2.24, 2.45) is 0 Å². The van der Waals surface area contributed by atoms with Gasteiger partial charge in [0.25, 0.3) is 5.69 Å². The largest absolute Gasteiger partial charge is 0.469 e. The van der Waals surface area contributed by atoms with Gasteiger partial charge >= 0.3 is 5.43 Å². The number of carbonyl (C=O) groups is 2. The summed E-state index contributed by atoms with van der Waals surface area (Å²) in [6, 6.07) is 14.4. The van der Waals surface area contributed by atoms with Gasteiger partial charge in [-0.1, -0.05) is 30.3 Å². The van der Waals surface area contributed by atoms with Crippen LogP contribution in [-0.2, 0) is 0 Å². The number of non-ortho nitro benzene ring substituents is 1. The van der Waals surface area contributed by atoms with Crippen LogP contribution in [0.4, 0.5) is 10.5 Å². The van der Waals surface area contributed by atoms with E-state index in [1.54, 1.807) is 24.3 Å². The molecule has 0 bridgehead atoms. The highest BCUT2D eigenvalue weighted by atomic mass is 35.5. The topological polar surface area (TPSA) is 97.5 Å². The number of nitrogens with zero attached hydrogens (tertiary/aromatic N) is 1. The molecule has 0 heterocycles. The van der Waals surface area contributed by atoms with Gasteiger partial charge in [0.15, 0.2) is 5.78 Å². The number of carboxylic acid groups (broad SMARTS) is 1. The Balaban J connectivity index is 0.000000491. The van der Waals surface area contributed by atoms with Gasteiger partial charge in [0, 0.05) is 34.9 Å². The third-order valence-corrected chi connectivity index (χ3v) is 2.38. The number of nitro benzene ring substituents is 1. The van der Waals surface area contributed by atoms with E-state index in [0.29, 0.717) is 11.1 Å². The van der Waals surface area contributed by atoms with Crippen LogP contribution in [0, 0.1) is 10.1 Å². The molecule has 7 heteroatoms.